The van der Waals surface area contributed by atoms with Crippen molar-refractivity contribution in [1.29, 1.82) is 0 Å². The van der Waals surface area contributed by atoms with E-state index in [4.69, 9.17) is 0 Å². The van der Waals surface area contributed by atoms with Gasteiger partial charge in [0.1, 0.15) is 4.90 Å². The molecule has 0 unspecified atom stereocenters. The quantitative estimate of drug-likeness (QED) is 0.778. The number of hydrogen-bond acceptors (Lipinski definition) is 3. The van der Waals surface area contributed by atoms with Crippen molar-refractivity contribution in [2.45, 2.75) is 24.7 Å². The summed E-state index contributed by atoms with van der Waals surface area (Å²) in [6.07, 6.45) is 4.58. The molecular formula is C9H16BrN3O2S. The Balaban J connectivity index is 2.84. The Bertz CT molecular complexity index is 391. The molecule has 1 heterocycles. The standard InChI is InChI=1S/C9H16BrN3O2S/c1-2-3-5-13(6-4-10)16(14,15)9-7-11-12-8-9/h7-8H,2-6H2,1H3,(H,11,12). The molecule has 0 saturated carbocycles. The van der Waals surface area contributed by atoms with Gasteiger partial charge in [-0.05, 0) is 6.42 Å². The molecule has 0 amide bonds. The van der Waals surface area contributed by atoms with Gasteiger partial charge in [0, 0.05) is 24.6 Å². The summed E-state index contributed by atoms with van der Waals surface area (Å²) in [5.74, 6) is 0. The number of nitrogens with one attached hydrogen (secondary N) is 1. The van der Waals surface area contributed by atoms with Gasteiger partial charge in [-0.1, -0.05) is 29.3 Å². The van der Waals surface area contributed by atoms with Crippen LogP contribution in [0, 0.1) is 0 Å². The second-order valence-electron chi connectivity index (χ2n) is 3.38. The molecule has 0 atom stereocenters. The minimum Gasteiger partial charge on any atom is -0.284 e. The Morgan fingerprint density at radius 2 is 2.25 bits per heavy atom. The van der Waals surface area contributed by atoms with Crippen molar-refractivity contribution in [2.75, 3.05) is 18.4 Å². The molecule has 5 nitrogen and oxygen atoms in total. The SMILES string of the molecule is CCCCN(CCBr)S(=O)(=O)c1cn[nH]c1. The Labute approximate surface area is 104 Å². The molecule has 0 bridgehead atoms. The van der Waals surface area contributed by atoms with Crippen molar-refractivity contribution in [3.8, 4) is 0 Å². The van der Waals surface area contributed by atoms with Crippen LogP contribution in [0.25, 0.3) is 0 Å². The molecular weight excluding hydrogens is 294 g/mol. The molecule has 0 aliphatic heterocycles. The van der Waals surface area contributed by atoms with Crippen molar-refractivity contribution >= 4 is 26.0 Å². The molecule has 1 rings (SSSR count). The third-order valence-electron chi connectivity index (χ3n) is 2.21. The van der Waals surface area contributed by atoms with Gasteiger partial charge in [-0.3, -0.25) is 5.10 Å². The van der Waals surface area contributed by atoms with Gasteiger partial charge in [-0.15, -0.1) is 0 Å². The van der Waals surface area contributed by atoms with Crippen molar-refractivity contribution in [2.24, 2.45) is 0 Å². The van der Waals surface area contributed by atoms with Gasteiger partial charge in [-0.25, -0.2) is 8.42 Å². The van der Waals surface area contributed by atoms with Crippen LogP contribution in [0.3, 0.4) is 0 Å². The summed E-state index contributed by atoms with van der Waals surface area (Å²) < 4.78 is 25.8. The molecule has 0 spiro atoms. The highest BCUT2D eigenvalue weighted by Crippen LogP contribution is 2.14. The summed E-state index contributed by atoms with van der Waals surface area (Å²) in [5.41, 5.74) is 0. The molecule has 92 valence electrons. The first-order chi connectivity index (χ1) is 7.62. The topological polar surface area (TPSA) is 66.1 Å². The number of aromatic nitrogens is 2. The number of halogens is 1. The monoisotopic (exact) mass is 309 g/mol. The maximum absolute atomic E-state index is 12.1. The maximum atomic E-state index is 12.1. The van der Waals surface area contributed by atoms with Crippen LogP contribution in [-0.2, 0) is 10.0 Å². The minimum absolute atomic E-state index is 0.226. The van der Waals surface area contributed by atoms with E-state index in [0.29, 0.717) is 18.4 Å². The molecule has 0 fully saturated rings. The van der Waals surface area contributed by atoms with Crippen LogP contribution in [0.15, 0.2) is 17.3 Å². The third-order valence-corrected chi connectivity index (χ3v) is 4.42. The van der Waals surface area contributed by atoms with Gasteiger partial charge < -0.3 is 0 Å². The summed E-state index contributed by atoms with van der Waals surface area (Å²) in [6.45, 7) is 3.07. The molecule has 1 aromatic rings. The van der Waals surface area contributed by atoms with Crippen molar-refractivity contribution in [1.82, 2.24) is 14.5 Å². The van der Waals surface area contributed by atoms with Gasteiger partial charge in [0.2, 0.25) is 10.0 Å². The van der Waals surface area contributed by atoms with Crippen molar-refractivity contribution in [3.63, 3.8) is 0 Å². The summed E-state index contributed by atoms with van der Waals surface area (Å²) in [7, 11) is -3.38. The van der Waals surface area contributed by atoms with E-state index in [9.17, 15) is 8.42 Å². The smallest absolute Gasteiger partial charge is 0.246 e. The second kappa shape index (κ2) is 6.36. The van der Waals surface area contributed by atoms with Crippen LogP contribution in [0.5, 0.6) is 0 Å². The van der Waals surface area contributed by atoms with E-state index in [1.807, 2.05) is 6.92 Å². The first-order valence-corrected chi connectivity index (χ1v) is 7.74. The van der Waals surface area contributed by atoms with E-state index in [0.717, 1.165) is 12.8 Å². The van der Waals surface area contributed by atoms with Gasteiger partial charge in [0.25, 0.3) is 0 Å². The number of nitrogens with zero attached hydrogens (tertiary/aromatic N) is 2. The van der Waals surface area contributed by atoms with Gasteiger partial charge in [0.05, 0.1) is 6.20 Å². The summed E-state index contributed by atoms with van der Waals surface area (Å²) in [4.78, 5) is 0.226. The average molecular weight is 310 g/mol. The normalized spacial score (nSPS) is 12.2. The number of sulfonamides is 1. The second-order valence-corrected chi connectivity index (χ2v) is 6.11. The number of aromatic amines is 1. The van der Waals surface area contributed by atoms with Crippen LogP contribution >= 0.6 is 15.9 Å². The predicted octanol–water partition coefficient (Wildman–Crippen LogP) is 1.60. The predicted molar refractivity (Wildman–Crippen MR) is 66.0 cm³/mol. The molecule has 16 heavy (non-hydrogen) atoms. The van der Waals surface area contributed by atoms with Crippen LogP contribution in [0.4, 0.5) is 0 Å². The lowest BCUT2D eigenvalue weighted by molar-refractivity contribution is 0.422. The maximum Gasteiger partial charge on any atom is 0.246 e. The lowest BCUT2D eigenvalue weighted by Gasteiger charge is -2.19. The van der Waals surface area contributed by atoms with Crippen LogP contribution in [0.2, 0.25) is 0 Å². The highest BCUT2D eigenvalue weighted by molar-refractivity contribution is 9.09. The fourth-order valence-corrected chi connectivity index (χ4v) is 3.36. The van der Waals surface area contributed by atoms with Crippen LogP contribution < -0.4 is 0 Å². The number of H-pyrrole nitrogens is 1. The first kappa shape index (κ1) is 13.7. The third kappa shape index (κ3) is 3.29. The lowest BCUT2D eigenvalue weighted by Crippen LogP contribution is -2.33. The van der Waals surface area contributed by atoms with Gasteiger partial charge in [-0.2, -0.15) is 9.40 Å². The fourth-order valence-electron chi connectivity index (χ4n) is 1.31. The van der Waals surface area contributed by atoms with Gasteiger partial charge in [0.15, 0.2) is 0 Å². The molecule has 0 saturated heterocycles. The molecule has 0 aliphatic rings. The van der Waals surface area contributed by atoms with E-state index in [1.165, 1.54) is 16.7 Å². The zero-order valence-electron chi connectivity index (χ0n) is 9.19. The van der Waals surface area contributed by atoms with Gasteiger partial charge >= 0.3 is 0 Å². The highest BCUT2D eigenvalue weighted by atomic mass is 79.9. The summed E-state index contributed by atoms with van der Waals surface area (Å²) in [6, 6.07) is 0. The Kier molecular flexibility index (Phi) is 5.43. The lowest BCUT2D eigenvalue weighted by atomic mass is 10.3. The Hall–Kier alpha value is -0.400. The molecule has 0 radical (unpaired) electrons. The number of rotatable bonds is 7. The molecule has 0 aliphatic carbocycles. The van der Waals surface area contributed by atoms with E-state index >= 15 is 0 Å². The van der Waals surface area contributed by atoms with E-state index < -0.39 is 10.0 Å². The first-order valence-electron chi connectivity index (χ1n) is 5.17. The Morgan fingerprint density at radius 1 is 1.50 bits per heavy atom. The zero-order valence-corrected chi connectivity index (χ0v) is 11.6. The van der Waals surface area contributed by atoms with Crippen molar-refractivity contribution in [3.05, 3.63) is 12.4 Å². The van der Waals surface area contributed by atoms with E-state index in [-0.39, 0.29) is 4.90 Å². The largest absolute Gasteiger partial charge is 0.284 e. The van der Waals surface area contributed by atoms with E-state index in [1.54, 1.807) is 0 Å². The van der Waals surface area contributed by atoms with Crippen LogP contribution in [0.1, 0.15) is 19.8 Å². The molecule has 0 aromatic carbocycles. The fraction of sp³-hybridized carbons (Fsp3) is 0.667. The molecule has 1 N–H and O–H groups in total. The number of unbranched alkanes of at least 4 members (excludes halogenated alkanes) is 1. The highest BCUT2D eigenvalue weighted by Gasteiger charge is 2.23. The minimum atomic E-state index is -3.38. The summed E-state index contributed by atoms with van der Waals surface area (Å²) >= 11 is 3.27. The van der Waals surface area contributed by atoms with E-state index in [2.05, 4.69) is 26.1 Å². The average Bonchev–Trinajstić information content (AvgIpc) is 2.77. The van der Waals surface area contributed by atoms with Crippen molar-refractivity contribution < 1.29 is 8.42 Å². The number of alkyl halides is 1. The Morgan fingerprint density at radius 3 is 2.75 bits per heavy atom. The van der Waals surface area contributed by atoms with Crippen LogP contribution in [-0.4, -0.2) is 41.3 Å². The molecule has 7 heteroatoms. The summed E-state index contributed by atoms with van der Waals surface area (Å²) in [5, 5.41) is 6.82. The molecule has 1 aromatic heterocycles. The zero-order chi connectivity index (χ0) is 12.0. The number of hydrogen-bond donors (Lipinski definition) is 1.